The molecular formula is C27H34N2O4. The average molecular weight is 451 g/mol. The highest BCUT2D eigenvalue weighted by atomic mass is 16.5. The number of aryl methyl sites for hydroxylation is 1. The van der Waals surface area contributed by atoms with Gasteiger partial charge in [-0.1, -0.05) is 43.2 Å². The van der Waals surface area contributed by atoms with Crippen molar-refractivity contribution in [1.82, 2.24) is 4.90 Å². The summed E-state index contributed by atoms with van der Waals surface area (Å²) in [4.78, 5) is 38.6. The third-order valence-corrected chi connectivity index (χ3v) is 5.81. The largest absolute Gasteiger partial charge is 0.466 e. The highest BCUT2D eigenvalue weighted by molar-refractivity contribution is 5.95. The highest BCUT2D eigenvalue weighted by Crippen LogP contribution is 2.16. The quantitative estimate of drug-likeness (QED) is 0.409. The van der Waals surface area contributed by atoms with Gasteiger partial charge in [0.15, 0.2) is 0 Å². The lowest BCUT2D eigenvalue weighted by molar-refractivity contribution is -0.143. The van der Waals surface area contributed by atoms with Gasteiger partial charge in [0.1, 0.15) is 0 Å². The zero-order chi connectivity index (χ0) is 23.3. The first-order valence-electron chi connectivity index (χ1n) is 12.0. The van der Waals surface area contributed by atoms with Crippen LogP contribution in [0.4, 0.5) is 5.69 Å². The second-order valence-electron chi connectivity index (χ2n) is 8.50. The van der Waals surface area contributed by atoms with Crippen molar-refractivity contribution in [1.29, 1.82) is 0 Å². The minimum Gasteiger partial charge on any atom is -0.466 e. The van der Waals surface area contributed by atoms with Crippen LogP contribution < -0.4 is 5.32 Å². The van der Waals surface area contributed by atoms with E-state index in [9.17, 15) is 14.4 Å². The standard InChI is InChI=1S/C27H34N2O4/c30-25(13-8-14-26(31)33-21-9-12-22-10-4-3-5-11-22)28-24-17-15-23(16-18-24)27(32)29-19-6-1-2-7-20-29/h3-5,10-11,15-18H,1-2,6-9,12-14,19-21H2,(H,28,30). The molecule has 176 valence electrons. The predicted octanol–water partition coefficient (Wildman–Crippen LogP) is 4.99. The van der Waals surface area contributed by atoms with Gasteiger partial charge in [-0.3, -0.25) is 14.4 Å². The van der Waals surface area contributed by atoms with Crippen molar-refractivity contribution in [3.05, 3.63) is 65.7 Å². The Morgan fingerprint density at radius 3 is 2.21 bits per heavy atom. The van der Waals surface area contributed by atoms with Crippen LogP contribution in [0.5, 0.6) is 0 Å². The van der Waals surface area contributed by atoms with E-state index in [4.69, 9.17) is 4.74 Å². The zero-order valence-electron chi connectivity index (χ0n) is 19.3. The highest BCUT2D eigenvalue weighted by Gasteiger charge is 2.17. The molecule has 1 heterocycles. The zero-order valence-corrected chi connectivity index (χ0v) is 19.3. The maximum absolute atomic E-state index is 12.7. The van der Waals surface area contributed by atoms with E-state index in [1.807, 2.05) is 23.1 Å². The second-order valence-corrected chi connectivity index (χ2v) is 8.50. The van der Waals surface area contributed by atoms with Gasteiger partial charge in [0.05, 0.1) is 6.61 Å². The van der Waals surface area contributed by atoms with Crippen LogP contribution in [0.3, 0.4) is 0 Å². The molecule has 0 spiro atoms. The summed E-state index contributed by atoms with van der Waals surface area (Å²) in [7, 11) is 0. The van der Waals surface area contributed by atoms with Gasteiger partial charge < -0.3 is 15.0 Å². The van der Waals surface area contributed by atoms with E-state index in [-0.39, 0.29) is 30.6 Å². The van der Waals surface area contributed by atoms with E-state index in [0.717, 1.165) is 38.8 Å². The van der Waals surface area contributed by atoms with Crippen molar-refractivity contribution in [2.24, 2.45) is 0 Å². The Morgan fingerprint density at radius 1 is 0.818 bits per heavy atom. The molecule has 0 radical (unpaired) electrons. The van der Waals surface area contributed by atoms with Crippen molar-refractivity contribution in [3.8, 4) is 0 Å². The van der Waals surface area contributed by atoms with Crippen LogP contribution in [-0.4, -0.2) is 42.4 Å². The molecule has 1 saturated heterocycles. The fraction of sp³-hybridized carbons (Fsp3) is 0.444. The van der Waals surface area contributed by atoms with Crippen LogP contribution >= 0.6 is 0 Å². The smallest absolute Gasteiger partial charge is 0.305 e. The number of nitrogens with one attached hydrogen (secondary N) is 1. The molecule has 0 unspecified atom stereocenters. The Bertz CT molecular complexity index is 888. The number of ether oxygens (including phenoxy) is 1. The number of carbonyl (C=O) groups excluding carboxylic acids is 3. The van der Waals surface area contributed by atoms with Gasteiger partial charge in [0.25, 0.3) is 5.91 Å². The maximum Gasteiger partial charge on any atom is 0.305 e. The number of anilines is 1. The van der Waals surface area contributed by atoms with Crippen LogP contribution in [0.25, 0.3) is 0 Å². The molecule has 1 N–H and O–H groups in total. The molecule has 6 nitrogen and oxygen atoms in total. The lowest BCUT2D eigenvalue weighted by Gasteiger charge is -2.20. The van der Waals surface area contributed by atoms with Gasteiger partial charge >= 0.3 is 5.97 Å². The first kappa shape index (κ1) is 24.5. The fourth-order valence-corrected chi connectivity index (χ4v) is 3.95. The van der Waals surface area contributed by atoms with E-state index >= 15 is 0 Å². The SMILES string of the molecule is O=C(CCCC(=O)OCCCc1ccccc1)Nc1ccc(C(=O)N2CCCCCC2)cc1. The maximum atomic E-state index is 12.7. The normalized spacial score (nSPS) is 13.8. The predicted molar refractivity (Wildman–Crippen MR) is 129 cm³/mol. The molecule has 1 fully saturated rings. The van der Waals surface area contributed by atoms with Gasteiger partial charge in [-0.2, -0.15) is 0 Å². The molecule has 0 aliphatic carbocycles. The van der Waals surface area contributed by atoms with Crippen molar-refractivity contribution in [2.45, 2.75) is 57.8 Å². The average Bonchev–Trinajstić information content (AvgIpc) is 3.12. The van der Waals surface area contributed by atoms with Gasteiger partial charge in [-0.15, -0.1) is 0 Å². The molecular weight excluding hydrogens is 416 g/mol. The first-order valence-corrected chi connectivity index (χ1v) is 12.0. The van der Waals surface area contributed by atoms with E-state index in [1.165, 1.54) is 18.4 Å². The lowest BCUT2D eigenvalue weighted by Crippen LogP contribution is -2.31. The molecule has 6 heteroatoms. The molecule has 0 saturated carbocycles. The molecule has 2 amide bonds. The molecule has 0 atom stereocenters. The number of esters is 1. The number of nitrogens with zero attached hydrogens (tertiary/aromatic N) is 1. The molecule has 2 aromatic rings. The first-order chi connectivity index (χ1) is 16.1. The van der Waals surface area contributed by atoms with Crippen LogP contribution in [-0.2, 0) is 20.7 Å². The van der Waals surface area contributed by atoms with Gasteiger partial charge in [0, 0.05) is 37.2 Å². The van der Waals surface area contributed by atoms with Gasteiger partial charge in [0.2, 0.25) is 5.91 Å². The lowest BCUT2D eigenvalue weighted by atomic mass is 10.1. The van der Waals surface area contributed by atoms with E-state index in [0.29, 0.717) is 24.3 Å². The second kappa shape index (κ2) is 13.4. The summed E-state index contributed by atoms with van der Waals surface area (Å²) in [6, 6.07) is 17.1. The molecule has 2 aromatic carbocycles. The number of hydrogen-bond donors (Lipinski definition) is 1. The third kappa shape index (κ3) is 8.72. The van der Waals surface area contributed by atoms with Crippen molar-refractivity contribution < 1.29 is 19.1 Å². The van der Waals surface area contributed by atoms with Gasteiger partial charge in [-0.25, -0.2) is 0 Å². The van der Waals surface area contributed by atoms with Crippen molar-refractivity contribution in [3.63, 3.8) is 0 Å². The van der Waals surface area contributed by atoms with Crippen LogP contribution in [0.2, 0.25) is 0 Å². The monoisotopic (exact) mass is 450 g/mol. The number of amides is 2. The fourth-order valence-electron chi connectivity index (χ4n) is 3.95. The van der Waals surface area contributed by atoms with E-state index in [1.54, 1.807) is 24.3 Å². The van der Waals surface area contributed by atoms with Crippen LogP contribution in [0.15, 0.2) is 54.6 Å². The molecule has 1 aliphatic heterocycles. The topological polar surface area (TPSA) is 75.7 Å². The summed E-state index contributed by atoms with van der Waals surface area (Å²) in [5.74, 6) is -0.372. The Labute approximate surface area is 196 Å². The minimum atomic E-state index is -0.271. The third-order valence-electron chi connectivity index (χ3n) is 5.81. The van der Waals surface area contributed by atoms with Crippen LogP contribution in [0, 0.1) is 0 Å². The number of likely N-dealkylation sites (tertiary alicyclic amines) is 1. The van der Waals surface area contributed by atoms with E-state index in [2.05, 4.69) is 17.4 Å². The number of rotatable bonds is 10. The summed E-state index contributed by atoms with van der Waals surface area (Å²) in [6.07, 6.45) is 7.04. The summed E-state index contributed by atoms with van der Waals surface area (Å²) in [6.45, 7) is 2.02. The van der Waals surface area contributed by atoms with Crippen molar-refractivity contribution in [2.75, 3.05) is 25.0 Å². The molecule has 1 aliphatic rings. The van der Waals surface area contributed by atoms with Gasteiger partial charge in [-0.05, 0) is 61.9 Å². The van der Waals surface area contributed by atoms with E-state index < -0.39 is 0 Å². The number of hydrogen-bond acceptors (Lipinski definition) is 4. The molecule has 33 heavy (non-hydrogen) atoms. The summed E-state index contributed by atoms with van der Waals surface area (Å²) in [5, 5.41) is 2.83. The Balaban J connectivity index is 1.30. The number of carbonyl (C=O) groups is 3. The minimum absolute atomic E-state index is 0.0528. The number of benzene rings is 2. The summed E-state index contributed by atoms with van der Waals surface area (Å²) >= 11 is 0. The Morgan fingerprint density at radius 2 is 1.52 bits per heavy atom. The van der Waals surface area contributed by atoms with Crippen LogP contribution in [0.1, 0.15) is 67.3 Å². The molecule has 0 bridgehead atoms. The Kier molecular flexibility index (Phi) is 9.95. The summed E-state index contributed by atoms with van der Waals surface area (Å²) < 4.78 is 5.25. The molecule has 3 rings (SSSR count). The molecule has 0 aromatic heterocycles. The summed E-state index contributed by atoms with van der Waals surface area (Å²) in [5.41, 5.74) is 2.52. The van der Waals surface area contributed by atoms with Crippen molar-refractivity contribution >= 4 is 23.5 Å². The Hall–Kier alpha value is -3.15.